The van der Waals surface area contributed by atoms with Crippen LogP contribution in [0.25, 0.3) is 11.3 Å². The largest absolute Gasteiger partial charge is 0.507 e. The number of benzene rings is 2. The van der Waals surface area contributed by atoms with Crippen molar-refractivity contribution in [2.45, 2.75) is 13.8 Å². The van der Waals surface area contributed by atoms with Crippen LogP contribution in [0.1, 0.15) is 25.0 Å². The number of phenols is 1. The van der Waals surface area contributed by atoms with Gasteiger partial charge in [0.25, 0.3) is 5.56 Å². The second-order valence-electron chi connectivity index (χ2n) is 6.40. The van der Waals surface area contributed by atoms with Crippen LogP contribution in [0.2, 0.25) is 0 Å². The molecule has 0 aliphatic carbocycles. The molecule has 8 nitrogen and oxygen atoms in total. The number of hydrogen-bond donors (Lipinski definition) is 3. The molecule has 0 unspecified atom stereocenters. The maximum absolute atomic E-state index is 12.3. The SMILES string of the molecule is CCN(CC)c1ccc(C=NNc2nc(-c3ccccc3)c(C#N)c(=O)[nH]2)c(O)c1. The Bertz CT molecular complexity index is 1140. The number of aromatic hydroxyl groups is 1. The van der Waals surface area contributed by atoms with Crippen molar-refractivity contribution in [3.05, 3.63) is 70.0 Å². The molecule has 0 fully saturated rings. The van der Waals surface area contributed by atoms with Crippen molar-refractivity contribution in [3.8, 4) is 23.1 Å². The van der Waals surface area contributed by atoms with E-state index in [2.05, 4.69) is 39.2 Å². The molecule has 152 valence electrons. The molecule has 0 atom stereocenters. The third-order valence-electron chi connectivity index (χ3n) is 4.60. The molecule has 3 N–H and O–H groups in total. The third-order valence-corrected chi connectivity index (χ3v) is 4.60. The van der Waals surface area contributed by atoms with Crippen LogP contribution in [-0.2, 0) is 0 Å². The predicted molar refractivity (Wildman–Crippen MR) is 118 cm³/mol. The Hall–Kier alpha value is -4.12. The number of H-pyrrole nitrogens is 1. The van der Waals surface area contributed by atoms with Crippen LogP contribution in [-0.4, -0.2) is 34.4 Å². The van der Waals surface area contributed by atoms with Crippen molar-refractivity contribution >= 4 is 17.9 Å². The number of nitriles is 1. The van der Waals surface area contributed by atoms with Crippen molar-refractivity contribution in [3.63, 3.8) is 0 Å². The summed E-state index contributed by atoms with van der Waals surface area (Å²) in [6.45, 7) is 5.78. The molecule has 0 aliphatic rings. The van der Waals surface area contributed by atoms with E-state index in [-0.39, 0.29) is 23.0 Å². The third kappa shape index (κ3) is 4.47. The first-order chi connectivity index (χ1) is 14.6. The Labute approximate surface area is 174 Å². The summed E-state index contributed by atoms with van der Waals surface area (Å²) in [5.74, 6) is 0.185. The van der Waals surface area contributed by atoms with E-state index in [1.165, 1.54) is 6.21 Å². The van der Waals surface area contributed by atoms with Crippen LogP contribution >= 0.6 is 0 Å². The number of aromatic amines is 1. The molecule has 0 saturated carbocycles. The first kappa shape index (κ1) is 20.6. The molecule has 30 heavy (non-hydrogen) atoms. The summed E-state index contributed by atoms with van der Waals surface area (Å²) in [6, 6.07) is 16.2. The minimum Gasteiger partial charge on any atom is -0.507 e. The zero-order valence-electron chi connectivity index (χ0n) is 16.8. The van der Waals surface area contributed by atoms with Gasteiger partial charge in [0.15, 0.2) is 0 Å². The highest BCUT2D eigenvalue weighted by Gasteiger charge is 2.13. The van der Waals surface area contributed by atoms with Crippen molar-refractivity contribution in [2.75, 3.05) is 23.4 Å². The van der Waals surface area contributed by atoms with Gasteiger partial charge in [0.05, 0.1) is 11.9 Å². The first-order valence-corrected chi connectivity index (χ1v) is 9.54. The maximum Gasteiger partial charge on any atom is 0.270 e. The molecule has 0 saturated heterocycles. The van der Waals surface area contributed by atoms with Crippen molar-refractivity contribution in [2.24, 2.45) is 5.10 Å². The highest BCUT2D eigenvalue weighted by atomic mass is 16.3. The van der Waals surface area contributed by atoms with Crippen molar-refractivity contribution in [1.82, 2.24) is 9.97 Å². The monoisotopic (exact) mass is 402 g/mol. The van der Waals surface area contributed by atoms with Gasteiger partial charge < -0.3 is 10.0 Å². The highest BCUT2D eigenvalue weighted by molar-refractivity contribution is 5.85. The van der Waals surface area contributed by atoms with Gasteiger partial charge in [-0.25, -0.2) is 10.4 Å². The van der Waals surface area contributed by atoms with E-state index in [0.29, 0.717) is 11.1 Å². The zero-order valence-corrected chi connectivity index (χ0v) is 16.8. The number of hydrogen-bond acceptors (Lipinski definition) is 7. The van der Waals surface area contributed by atoms with Gasteiger partial charge >= 0.3 is 0 Å². The van der Waals surface area contributed by atoms with E-state index in [1.807, 2.05) is 18.2 Å². The standard InChI is InChI=1S/C22H22N6O2/c1-3-28(4-2)17-11-10-16(19(29)12-17)14-24-27-22-25-20(15-8-6-5-7-9-15)18(13-23)21(30)26-22/h5-12,14,29H,3-4H2,1-2H3,(H2,25,26,27,30). The van der Waals surface area contributed by atoms with E-state index in [0.717, 1.165) is 18.8 Å². The number of nitrogens with one attached hydrogen (secondary N) is 2. The van der Waals surface area contributed by atoms with Gasteiger partial charge in [-0.3, -0.25) is 9.78 Å². The second-order valence-corrected chi connectivity index (χ2v) is 6.40. The number of phenolic OH excluding ortho intramolecular Hbond substituents is 1. The lowest BCUT2D eigenvalue weighted by Gasteiger charge is -2.21. The summed E-state index contributed by atoms with van der Waals surface area (Å²) in [5, 5.41) is 23.6. The molecular weight excluding hydrogens is 380 g/mol. The molecule has 0 spiro atoms. The summed E-state index contributed by atoms with van der Waals surface area (Å²) in [7, 11) is 0. The summed E-state index contributed by atoms with van der Waals surface area (Å²) in [5.41, 5.74) is 4.38. The Balaban J connectivity index is 1.84. The van der Waals surface area contributed by atoms with Crippen molar-refractivity contribution in [1.29, 1.82) is 5.26 Å². The molecule has 3 aromatic rings. The van der Waals surface area contributed by atoms with E-state index in [4.69, 9.17) is 0 Å². The molecule has 0 amide bonds. The second kappa shape index (κ2) is 9.39. The van der Waals surface area contributed by atoms with Gasteiger partial charge in [-0.15, -0.1) is 0 Å². The van der Waals surface area contributed by atoms with Crippen LogP contribution in [0, 0.1) is 11.3 Å². The maximum atomic E-state index is 12.3. The zero-order chi connectivity index (χ0) is 21.5. The van der Waals surface area contributed by atoms with Crippen molar-refractivity contribution < 1.29 is 5.11 Å². The predicted octanol–water partition coefficient (Wildman–Crippen LogP) is 3.31. The average molecular weight is 402 g/mol. The van der Waals surface area contributed by atoms with Gasteiger partial charge in [0.1, 0.15) is 17.4 Å². The van der Waals surface area contributed by atoms with Crippen LogP contribution in [0.3, 0.4) is 0 Å². The molecule has 2 aromatic carbocycles. The molecular formula is C22H22N6O2. The lowest BCUT2D eigenvalue weighted by molar-refractivity contribution is 0.474. The molecule has 1 heterocycles. The normalized spacial score (nSPS) is 10.7. The molecule has 3 rings (SSSR count). The topological polar surface area (TPSA) is 117 Å². The van der Waals surface area contributed by atoms with Gasteiger partial charge in [-0.2, -0.15) is 10.4 Å². The summed E-state index contributed by atoms with van der Waals surface area (Å²) >= 11 is 0. The van der Waals surface area contributed by atoms with Crippen LogP contribution in [0.4, 0.5) is 11.6 Å². The van der Waals surface area contributed by atoms with E-state index in [9.17, 15) is 15.2 Å². The highest BCUT2D eigenvalue weighted by Crippen LogP contribution is 2.24. The Morgan fingerprint density at radius 1 is 1.23 bits per heavy atom. The Morgan fingerprint density at radius 3 is 2.60 bits per heavy atom. The number of nitrogens with zero attached hydrogens (tertiary/aromatic N) is 4. The Kier molecular flexibility index (Phi) is 6.45. The fourth-order valence-electron chi connectivity index (χ4n) is 3.02. The Morgan fingerprint density at radius 2 is 1.97 bits per heavy atom. The van der Waals surface area contributed by atoms with Gasteiger partial charge in [-0.05, 0) is 26.0 Å². The van der Waals surface area contributed by atoms with E-state index < -0.39 is 5.56 Å². The lowest BCUT2D eigenvalue weighted by atomic mass is 10.1. The number of aromatic nitrogens is 2. The van der Waals surface area contributed by atoms with Gasteiger partial charge in [-0.1, -0.05) is 30.3 Å². The minimum atomic E-state index is -0.560. The summed E-state index contributed by atoms with van der Waals surface area (Å²) in [4.78, 5) is 21.2. The summed E-state index contributed by atoms with van der Waals surface area (Å²) < 4.78 is 0. The van der Waals surface area contributed by atoms with Crippen LogP contribution in [0.5, 0.6) is 5.75 Å². The number of anilines is 2. The minimum absolute atomic E-state index is 0.0691. The van der Waals surface area contributed by atoms with Crippen LogP contribution < -0.4 is 15.9 Å². The molecule has 8 heteroatoms. The van der Waals surface area contributed by atoms with E-state index in [1.54, 1.807) is 36.4 Å². The first-order valence-electron chi connectivity index (χ1n) is 9.54. The fourth-order valence-corrected chi connectivity index (χ4v) is 3.02. The molecule has 0 radical (unpaired) electrons. The van der Waals surface area contributed by atoms with E-state index >= 15 is 0 Å². The van der Waals surface area contributed by atoms with Gasteiger partial charge in [0, 0.05) is 36.0 Å². The molecule has 0 aliphatic heterocycles. The number of hydrazone groups is 1. The summed E-state index contributed by atoms with van der Waals surface area (Å²) in [6.07, 6.45) is 1.43. The fraction of sp³-hybridized carbons (Fsp3) is 0.182. The van der Waals surface area contributed by atoms with Gasteiger partial charge in [0.2, 0.25) is 5.95 Å². The van der Waals surface area contributed by atoms with Crippen LogP contribution in [0.15, 0.2) is 58.4 Å². The lowest BCUT2D eigenvalue weighted by Crippen LogP contribution is -2.21. The molecule has 0 bridgehead atoms. The average Bonchev–Trinajstić information content (AvgIpc) is 2.76. The smallest absolute Gasteiger partial charge is 0.270 e. The quantitative estimate of drug-likeness (QED) is 0.412. The number of rotatable bonds is 7. The molecule has 1 aromatic heterocycles.